The van der Waals surface area contributed by atoms with Crippen LogP contribution in [0.1, 0.15) is 15.9 Å². The van der Waals surface area contributed by atoms with Crippen LogP contribution >= 0.6 is 27.5 Å². The van der Waals surface area contributed by atoms with Crippen molar-refractivity contribution in [2.24, 2.45) is 0 Å². The van der Waals surface area contributed by atoms with Crippen LogP contribution < -0.4 is 11.1 Å². The highest BCUT2D eigenvalue weighted by atomic mass is 79.9. The van der Waals surface area contributed by atoms with Crippen LogP contribution in [0, 0.1) is 0 Å². The molecule has 0 bridgehead atoms. The van der Waals surface area contributed by atoms with Gasteiger partial charge in [-0.05, 0) is 58.2 Å². The molecular formula is C15H14BrClN2O. The minimum atomic E-state index is -0.118. The number of nitrogens with one attached hydrogen (secondary N) is 1. The van der Waals surface area contributed by atoms with E-state index in [2.05, 4.69) is 21.2 Å². The molecule has 0 spiro atoms. The van der Waals surface area contributed by atoms with E-state index in [9.17, 15) is 4.79 Å². The Morgan fingerprint density at radius 3 is 2.75 bits per heavy atom. The van der Waals surface area contributed by atoms with Crippen molar-refractivity contribution in [2.45, 2.75) is 6.42 Å². The highest BCUT2D eigenvalue weighted by Crippen LogP contribution is 2.20. The highest BCUT2D eigenvalue weighted by Gasteiger charge is 2.06. The van der Waals surface area contributed by atoms with Crippen LogP contribution in [0.4, 0.5) is 5.69 Å². The van der Waals surface area contributed by atoms with Gasteiger partial charge in [-0.25, -0.2) is 0 Å². The molecule has 3 N–H and O–H groups in total. The van der Waals surface area contributed by atoms with Crippen molar-refractivity contribution < 1.29 is 4.79 Å². The molecule has 104 valence electrons. The maximum atomic E-state index is 12.0. The fraction of sp³-hybridized carbons (Fsp3) is 0.133. The minimum absolute atomic E-state index is 0.118. The Morgan fingerprint density at radius 1 is 1.25 bits per heavy atom. The molecule has 0 aliphatic heterocycles. The van der Waals surface area contributed by atoms with Crippen molar-refractivity contribution in [3.05, 3.63) is 63.1 Å². The first-order chi connectivity index (χ1) is 9.56. The lowest BCUT2D eigenvalue weighted by Crippen LogP contribution is -2.25. The second kappa shape index (κ2) is 6.77. The molecule has 0 aliphatic rings. The first kappa shape index (κ1) is 14.9. The van der Waals surface area contributed by atoms with Crippen molar-refractivity contribution in [3.63, 3.8) is 0 Å². The highest BCUT2D eigenvalue weighted by molar-refractivity contribution is 9.10. The third kappa shape index (κ3) is 3.99. The van der Waals surface area contributed by atoms with Gasteiger partial charge in [0.05, 0.1) is 0 Å². The van der Waals surface area contributed by atoms with E-state index in [4.69, 9.17) is 17.3 Å². The Kier molecular flexibility index (Phi) is 5.04. The number of hydrogen-bond acceptors (Lipinski definition) is 2. The molecule has 0 saturated carbocycles. The SMILES string of the molecule is Nc1ccc(C(=O)NCCc2cccc(Cl)c2)cc1Br. The Hall–Kier alpha value is -1.52. The molecule has 0 aromatic heterocycles. The van der Waals surface area contributed by atoms with Gasteiger partial charge in [0, 0.05) is 27.3 Å². The summed E-state index contributed by atoms with van der Waals surface area (Å²) >= 11 is 9.22. The molecule has 5 heteroatoms. The normalized spacial score (nSPS) is 10.3. The fourth-order valence-corrected chi connectivity index (χ4v) is 2.37. The predicted octanol–water partition coefficient (Wildman–Crippen LogP) is 3.66. The lowest BCUT2D eigenvalue weighted by Gasteiger charge is -2.07. The summed E-state index contributed by atoms with van der Waals surface area (Å²) in [4.78, 5) is 12.0. The van der Waals surface area contributed by atoms with E-state index in [0.29, 0.717) is 22.8 Å². The number of benzene rings is 2. The number of nitrogen functional groups attached to an aromatic ring is 1. The van der Waals surface area contributed by atoms with Crippen LogP contribution in [0.3, 0.4) is 0 Å². The lowest BCUT2D eigenvalue weighted by molar-refractivity contribution is 0.0954. The first-order valence-electron chi connectivity index (χ1n) is 6.14. The van der Waals surface area contributed by atoms with Crippen molar-refractivity contribution >= 4 is 39.1 Å². The molecular weight excluding hydrogens is 340 g/mol. The summed E-state index contributed by atoms with van der Waals surface area (Å²) in [6, 6.07) is 12.7. The average molecular weight is 354 g/mol. The fourth-order valence-electron chi connectivity index (χ4n) is 1.78. The van der Waals surface area contributed by atoms with Gasteiger partial charge < -0.3 is 11.1 Å². The summed E-state index contributed by atoms with van der Waals surface area (Å²) in [6.07, 6.45) is 0.739. The van der Waals surface area contributed by atoms with Gasteiger partial charge in [0.25, 0.3) is 5.91 Å². The summed E-state index contributed by atoms with van der Waals surface area (Å²) in [6.45, 7) is 0.557. The maximum absolute atomic E-state index is 12.0. The number of hydrogen-bond donors (Lipinski definition) is 2. The molecule has 0 atom stereocenters. The number of anilines is 1. The molecule has 0 aliphatic carbocycles. The molecule has 0 heterocycles. The Bertz CT molecular complexity index is 631. The lowest BCUT2D eigenvalue weighted by atomic mass is 10.1. The van der Waals surface area contributed by atoms with Gasteiger partial charge in [0.1, 0.15) is 0 Å². The summed E-state index contributed by atoms with van der Waals surface area (Å²) in [7, 11) is 0. The van der Waals surface area contributed by atoms with Crippen LogP contribution in [0.25, 0.3) is 0 Å². The zero-order valence-electron chi connectivity index (χ0n) is 10.7. The summed E-state index contributed by atoms with van der Waals surface area (Å²) in [5.41, 5.74) is 7.97. The van der Waals surface area contributed by atoms with Gasteiger partial charge in [-0.3, -0.25) is 4.79 Å². The summed E-state index contributed by atoms with van der Waals surface area (Å²) in [5.74, 6) is -0.118. The van der Waals surface area contributed by atoms with E-state index >= 15 is 0 Å². The number of amides is 1. The second-order valence-electron chi connectivity index (χ2n) is 4.37. The van der Waals surface area contributed by atoms with E-state index in [-0.39, 0.29) is 5.91 Å². The monoisotopic (exact) mass is 352 g/mol. The molecule has 0 unspecified atom stereocenters. The molecule has 0 saturated heterocycles. The summed E-state index contributed by atoms with van der Waals surface area (Å²) < 4.78 is 0.722. The van der Waals surface area contributed by atoms with Gasteiger partial charge >= 0.3 is 0 Å². The number of rotatable bonds is 4. The van der Waals surface area contributed by atoms with Gasteiger partial charge in [-0.1, -0.05) is 23.7 Å². The van der Waals surface area contributed by atoms with Crippen LogP contribution in [-0.2, 0) is 6.42 Å². The quantitative estimate of drug-likeness (QED) is 0.824. The first-order valence-corrected chi connectivity index (χ1v) is 7.31. The van der Waals surface area contributed by atoms with Gasteiger partial charge in [0.15, 0.2) is 0 Å². The minimum Gasteiger partial charge on any atom is -0.398 e. The molecule has 3 nitrogen and oxygen atoms in total. The van der Waals surface area contributed by atoms with Crippen LogP contribution in [0.2, 0.25) is 5.02 Å². The van der Waals surface area contributed by atoms with Gasteiger partial charge in [-0.15, -0.1) is 0 Å². The third-order valence-corrected chi connectivity index (χ3v) is 3.77. The Labute approximate surface area is 131 Å². The topological polar surface area (TPSA) is 55.1 Å². The standard InChI is InChI=1S/C15H14BrClN2O/c16-13-9-11(4-5-14(13)18)15(20)19-7-6-10-2-1-3-12(17)8-10/h1-5,8-9H,6-7,18H2,(H,19,20). The number of nitrogens with two attached hydrogens (primary N) is 1. The van der Waals surface area contributed by atoms with E-state index in [1.807, 2.05) is 24.3 Å². The average Bonchev–Trinajstić information content (AvgIpc) is 2.42. The zero-order chi connectivity index (χ0) is 14.5. The van der Waals surface area contributed by atoms with Crippen molar-refractivity contribution in [1.29, 1.82) is 0 Å². The van der Waals surface area contributed by atoms with Gasteiger partial charge in [-0.2, -0.15) is 0 Å². The van der Waals surface area contributed by atoms with Crippen molar-refractivity contribution in [2.75, 3.05) is 12.3 Å². The third-order valence-electron chi connectivity index (χ3n) is 2.85. The van der Waals surface area contributed by atoms with Crippen LogP contribution in [0.5, 0.6) is 0 Å². The number of carbonyl (C=O) groups excluding carboxylic acids is 1. The largest absolute Gasteiger partial charge is 0.398 e. The van der Waals surface area contributed by atoms with E-state index in [1.165, 1.54) is 0 Å². The van der Waals surface area contributed by atoms with Crippen molar-refractivity contribution in [1.82, 2.24) is 5.32 Å². The molecule has 2 aromatic carbocycles. The van der Waals surface area contributed by atoms with E-state index < -0.39 is 0 Å². The molecule has 2 aromatic rings. The van der Waals surface area contributed by atoms with Crippen LogP contribution in [0.15, 0.2) is 46.9 Å². The van der Waals surface area contributed by atoms with Crippen LogP contribution in [-0.4, -0.2) is 12.5 Å². The van der Waals surface area contributed by atoms with Gasteiger partial charge in [0.2, 0.25) is 0 Å². The Morgan fingerprint density at radius 2 is 2.05 bits per heavy atom. The molecule has 20 heavy (non-hydrogen) atoms. The molecule has 2 rings (SSSR count). The second-order valence-corrected chi connectivity index (χ2v) is 5.66. The number of halogens is 2. The maximum Gasteiger partial charge on any atom is 0.251 e. The van der Waals surface area contributed by atoms with Crippen molar-refractivity contribution in [3.8, 4) is 0 Å². The molecule has 0 fully saturated rings. The smallest absolute Gasteiger partial charge is 0.251 e. The molecule has 0 radical (unpaired) electrons. The number of carbonyl (C=O) groups is 1. The molecule has 1 amide bonds. The van der Waals surface area contributed by atoms with E-state index in [0.717, 1.165) is 16.5 Å². The Balaban J connectivity index is 1.90. The zero-order valence-corrected chi connectivity index (χ0v) is 13.0. The summed E-state index contributed by atoms with van der Waals surface area (Å²) in [5, 5.41) is 3.57. The van der Waals surface area contributed by atoms with E-state index in [1.54, 1.807) is 18.2 Å². The predicted molar refractivity (Wildman–Crippen MR) is 86.0 cm³/mol.